The number of aromatic nitrogens is 3. The second kappa shape index (κ2) is 6.53. The highest BCUT2D eigenvalue weighted by Gasteiger charge is 2.17. The van der Waals surface area contributed by atoms with Gasteiger partial charge in [-0.05, 0) is 38.0 Å². The minimum atomic E-state index is -0.405. The third-order valence-electron chi connectivity index (χ3n) is 3.07. The second-order valence-corrected chi connectivity index (χ2v) is 5.97. The quantitative estimate of drug-likeness (QED) is 0.842. The van der Waals surface area contributed by atoms with Crippen molar-refractivity contribution >= 4 is 23.4 Å². The molecule has 2 aromatic rings. The summed E-state index contributed by atoms with van der Waals surface area (Å²) in [5, 5.41) is 10.1. The molecule has 6 nitrogen and oxygen atoms in total. The first-order valence-corrected chi connectivity index (χ1v) is 7.31. The summed E-state index contributed by atoms with van der Waals surface area (Å²) in [6.07, 6.45) is 1.09. The maximum absolute atomic E-state index is 12.2. The number of benzene rings is 1. The standard InChI is InChI=1S/C14H16N4O2S/c1-8-5-4-6-11(9(8)2)16-13(20)10(3)21-14-17-12(19)7-15-18-14/h4-7,10H,1-3H3,(H,16,20)(H,17,18,19)/t10-/m1/s1. The number of aromatic amines is 1. The molecule has 110 valence electrons. The van der Waals surface area contributed by atoms with Gasteiger partial charge in [0.25, 0.3) is 5.56 Å². The molecule has 0 aliphatic carbocycles. The van der Waals surface area contributed by atoms with Gasteiger partial charge >= 0.3 is 0 Å². The molecule has 7 heteroatoms. The Kier molecular flexibility index (Phi) is 4.74. The van der Waals surface area contributed by atoms with Crippen molar-refractivity contribution in [2.24, 2.45) is 0 Å². The average Bonchev–Trinajstić information content (AvgIpc) is 2.44. The number of carbonyl (C=O) groups excluding carboxylic acids is 1. The van der Waals surface area contributed by atoms with Gasteiger partial charge in [0.05, 0.1) is 5.25 Å². The number of H-pyrrole nitrogens is 1. The van der Waals surface area contributed by atoms with Crippen LogP contribution >= 0.6 is 11.8 Å². The highest BCUT2D eigenvalue weighted by Crippen LogP contribution is 2.22. The van der Waals surface area contributed by atoms with Gasteiger partial charge in [0.2, 0.25) is 5.91 Å². The number of aryl methyl sites for hydroxylation is 1. The Morgan fingerprint density at radius 2 is 2.14 bits per heavy atom. The fraction of sp³-hybridized carbons (Fsp3) is 0.286. The minimum Gasteiger partial charge on any atom is -0.325 e. The summed E-state index contributed by atoms with van der Waals surface area (Å²) in [7, 11) is 0. The van der Waals surface area contributed by atoms with Crippen LogP contribution in [0, 0.1) is 13.8 Å². The summed E-state index contributed by atoms with van der Waals surface area (Å²) in [4.78, 5) is 25.9. The second-order valence-electron chi connectivity index (χ2n) is 4.64. The molecule has 0 bridgehead atoms. The van der Waals surface area contributed by atoms with Crippen molar-refractivity contribution in [2.45, 2.75) is 31.2 Å². The Bertz CT molecular complexity index is 714. The van der Waals surface area contributed by atoms with Crippen molar-refractivity contribution in [3.05, 3.63) is 45.9 Å². The van der Waals surface area contributed by atoms with Crippen molar-refractivity contribution in [3.63, 3.8) is 0 Å². The molecule has 2 rings (SSSR count). The van der Waals surface area contributed by atoms with Crippen molar-refractivity contribution in [1.82, 2.24) is 15.2 Å². The van der Waals surface area contributed by atoms with E-state index in [9.17, 15) is 9.59 Å². The summed E-state index contributed by atoms with van der Waals surface area (Å²) in [5.41, 5.74) is 2.61. The Morgan fingerprint density at radius 1 is 1.38 bits per heavy atom. The molecule has 1 heterocycles. The average molecular weight is 304 g/mol. The van der Waals surface area contributed by atoms with Crippen molar-refractivity contribution in [2.75, 3.05) is 5.32 Å². The monoisotopic (exact) mass is 304 g/mol. The number of rotatable bonds is 4. The predicted octanol–water partition coefficient (Wildman–Crippen LogP) is 1.90. The normalized spacial score (nSPS) is 12.0. The molecular weight excluding hydrogens is 288 g/mol. The van der Waals surface area contributed by atoms with Gasteiger partial charge in [0, 0.05) is 5.69 Å². The maximum Gasteiger partial charge on any atom is 0.270 e. The van der Waals surface area contributed by atoms with E-state index in [-0.39, 0.29) is 11.5 Å². The van der Waals surface area contributed by atoms with Gasteiger partial charge in [-0.1, -0.05) is 23.9 Å². The molecule has 0 aliphatic heterocycles. The van der Waals surface area contributed by atoms with Gasteiger partial charge in [-0.3, -0.25) is 14.6 Å². The molecule has 0 saturated carbocycles. The maximum atomic E-state index is 12.2. The lowest BCUT2D eigenvalue weighted by Crippen LogP contribution is -2.23. The summed E-state index contributed by atoms with van der Waals surface area (Å²) in [5.74, 6) is -0.153. The van der Waals surface area contributed by atoms with E-state index >= 15 is 0 Å². The topological polar surface area (TPSA) is 87.7 Å². The van der Waals surface area contributed by atoms with E-state index in [1.54, 1.807) is 6.92 Å². The molecule has 0 spiro atoms. The molecule has 2 N–H and O–H groups in total. The van der Waals surface area contributed by atoms with E-state index in [1.807, 2.05) is 32.0 Å². The van der Waals surface area contributed by atoms with Crippen LogP contribution in [0.3, 0.4) is 0 Å². The Balaban J connectivity index is 2.06. The third-order valence-corrected chi connectivity index (χ3v) is 4.05. The van der Waals surface area contributed by atoms with Crippen molar-refractivity contribution in [1.29, 1.82) is 0 Å². The van der Waals surface area contributed by atoms with Crippen LogP contribution in [0.5, 0.6) is 0 Å². The smallest absolute Gasteiger partial charge is 0.270 e. The molecule has 1 aromatic heterocycles. The van der Waals surface area contributed by atoms with Crippen LogP contribution < -0.4 is 10.9 Å². The van der Waals surface area contributed by atoms with Gasteiger partial charge in [-0.15, -0.1) is 5.10 Å². The van der Waals surface area contributed by atoms with E-state index in [0.717, 1.165) is 34.8 Å². The van der Waals surface area contributed by atoms with Crippen LogP contribution in [0.15, 0.2) is 34.3 Å². The lowest BCUT2D eigenvalue weighted by Gasteiger charge is -2.13. The fourth-order valence-electron chi connectivity index (χ4n) is 1.69. The van der Waals surface area contributed by atoms with Gasteiger partial charge in [-0.25, -0.2) is 0 Å². The van der Waals surface area contributed by atoms with E-state index in [1.165, 1.54) is 0 Å². The number of hydrogen-bond acceptors (Lipinski definition) is 5. The van der Waals surface area contributed by atoms with E-state index < -0.39 is 5.25 Å². The highest BCUT2D eigenvalue weighted by molar-refractivity contribution is 8.00. The summed E-state index contributed by atoms with van der Waals surface area (Å²) >= 11 is 1.15. The van der Waals surface area contributed by atoms with Crippen LogP contribution in [-0.4, -0.2) is 26.3 Å². The van der Waals surface area contributed by atoms with Crippen LogP contribution in [0.25, 0.3) is 0 Å². The Morgan fingerprint density at radius 3 is 2.86 bits per heavy atom. The Hall–Kier alpha value is -2.15. The number of anilines is 1. The zero-order chi connectivity index (χ0) is 15.4. The molecule has 0 radical (unpaired) electrons. The fourth-order valence-corrected chi connectivity index (χ4v) is 2.45. The molecule has 1 amide bonds. The first-order valence-electron chi connectivity index (χ1n) is 6.43. The summed E-state index contributed by atoms with van der Waals surface area (Å²) in [6.45, 7) is 5.70. The van der Waals surface area contributed by atoms with Crippen LogP contribution in [0.1, 0.15) is 18.1 Å². The number of thioether (sulfide) groups is 1. The van der Waals surface area contributed by atoms with E-state index in [2.05, 4.69) is 20.5 Å². The summed E-state index contributed by atoms with van der Waals surface area (Å²) < 4.78 is 0. The number of nitrogens with one attached hydrogen (secondary N) is 2. The van der Waals surface area contributed by atoms with E-state index in [0.29, 0.717) is 5.16 Å². The molecule has 21 heavy (non-hydrogen) atoms. The molecule has 0 aliphatic rings. The molecule has 0 saturated heterocycles. The predicted molar refractivity (Wildman–Crippen MR) is 82.5 cm³/mol. The van der Waals surface area contributed by atoms with Gasteiger partial charge < -0.3 is 5.32 Å². The van der Waals surface area contributed by atoms with E-state index in [4.69, 9.17) is 0 Å². The number of hydrogen-bond donors (Lipinski definition) is 2. The van der Waals surface area contributed by atoms with Crippen LogP contribution in [0.2, 0.25) is 0 Å². The zero-order valence-electron chi connectivity index (χ0n) is 12.0. The highest BCUT2D eigenvalue weighted by atomic mass is 32.2. The lowest BCUT2D eigenvalue weighted by molar-refractivity contribution is -0.115. The number of carbonyl (C=O) groups is 1. The van der Waals surface area contributed by atoms with Crippen molar-refractivity contribution < 1.29 is 4.79 Å². The molecular formula is C14H16N4O2S. The first-order chi connectivity index (χ1) is 9.97. The van der Waals surface area contributed by atoms with Gasteiger partial charge in [0.1, 0.15) is 6.20 Å². The van der Waals surface area contributed by atoms with Crippen LogP contribution in [0.4, 0.5) is 5.69 Å². The van der Waals surface area contributed by atoms with Crippen LogP contribution in [-0.2, 0) is 4.79 Å². The lowest BCUT2D eigenvalue weighted by atomic mass is 10.1. The zero-order valence-corrected chi connectivity index (χ0v) is 12.8. The van der Waals surface area contributed by atoms with Gasteiger partial charge in [-0.2, -0.15) is 5.10 Å². The molecule has 1 aromatic carbocycles. The molecule has 0 unspecified atom stereocenters. The summed E-state index contributed by atoms with van der Waals surface area (Å²) in [6, 6.07) is 5.76. The van der Waals surface area contributed by atoms with Gasteiger partial charge in [0.15, 0.2) is 5.16 Å². The molecule has 1 atom stereocenters. The first kappa shape index (κ1) is 15.2. The largest absolute Gasteiger partial charge is 0.325 e. The minimum absolute atomic E-state index is 0.153. The third kappa shape index (κ3) is 3.91. The van der Waals surface area contributed by atoms with Crippen molar-refractivity contribution in [3.8, 4) is 0 Å². The number of amides is 1. The number of nitrogens with zero attached hydrogens (tertiary/aromatic N) is 2. The molecule has 0 fully saturated rings. The Labute approximate surface area is 126 Å². The SMILES string of the molecule is Cc1cccc(NC(=O)[C@@H](C)Sc2nncc(=O)[nH]2)c1C.